The second-order valence-corrected chi connectivity index (χ2v) is 6.00. The first-order valence-electron chi connectivity index (χ1n) is 7.83. The van der Waals surface area contributed by atoms with E-state index in [4.69, 9.17) is 0 Å². The summed E-state index contributed by atoms with van der Waals surface area (Å²) in [6, 6.07) is 6.48. The Morgan fingerprint density at radius 2 is 2.10 bits per heavy atom. The molecule has 1 amide bonds. The van der Waals surface area contributed by atoms with Crippen LogP contribution < -0.4 is 0 Å². The van der Waals surface area contributed by atoms with Crippen molar-refractivity contribution in [1.29, 1.82) is 0 Å². The fourth-order valence-electron chi connectivity index (χ4n) is 2.74. The minimum absolute atomic E-state index is 0.135. The normalized spacial score (nSPS) is 16.9. The highest BCUT2D eigenvalue weighted by Gasteiger charge is 2.20. The smallest absolute Gasteiger partial charge is 0.237 e. The summed E-state index contributed by atoms with van der Waals surface area (Å²) in [6.07, 6.45) is 2.34. The van der Waals surface area contributed by atoms with Gasteiger partial charge < -0.3 is 4.90 Å². The average Bonchev–Trinajstić information content (AvgIpc) is 2.47. The lowest BCUT2D eigenvalue weighted by Crippen LogP contribution is -2.42. The van der Waals surface area contributed by atoms with Gasteiger partial charge in [-0.2, -0.15) is 0 Å². The first-order chi connectivity index (χ1) is 10.1. The first kappa shape index (κ1) is 16.0. The first-order valence-corrected chi connectivity index (χ1v) is 7.83. The van der Waals surface area contributed by atoms with Crippen molar-refractivity contribution >= 4 is 5.91 Å². The van der Waals surface area contributed by atoms with Crippen molar-refractivity contribution in [2.45, 2.75) is 33.2 Å². The summed E-state index contributed by atoms with van der Waals surface area (Å²) < 4.78 is 13.2. The van der Waals surface area contributed by atoms with Crippen LogP contribution in [-0.2, 0) is 11.3 Å². The van der Waals surface area contributed by atoms with Crippen molar-refractivity contribution in [3.8, 4) is 0 Å². The van der Waals surface area contributed by atoms with Gasteiger partial charge in [0.15, 0.2) is 0 Å². The van der Waals surface area contributed by atoms with Gasteiger partial charge in [0.2, 0.25) is 5.91 Å². The van der Waals surface area contributed by atoms with Gasteiger partial charge >= 0.3 is 0 Å². The lowest BCUT2D eigenvalue weighted by Gasteiger charge is -2.31. The Balaban J connectivity index is 1.89. The summed E-state index contributed by atoms with van der Waals surface area (Å²) in [5.74, 6) is 0.656. The third-order valence-corrected chi connectivity index (χ3v) is 4.23. The number of amides is 1. The molecule has 0 unspecified atom stereocenters. The van der Waals surface area contributed by atoms with E-state index in [1.807, 2.05) is 13.0 Å². The summed E-state index contributed by atoms with van der Waals surface area (Å²) in [7, 11) is 0. The molecule has 1 fully saturated rings. The molecule has 3 nitrogen and oxygen atoms in total. The fourth-order valence-corrected chi connectivity index (χ4v) is 2.74. The van der Waals surface area contributed by atoms with Gasteiger partial charge in [-0.25, -0.2) is 4.39 Å². The number of nitrogens with zero attached hydrogens (tertiary/aromatic N) is 2. The Bertz CT molecular complexity index is 470. The Labute approximate surface area is 126 Å². The molecule has 0 aromatic heterocycles. The molecule has 21 heavy (non-hydrogen) atoms. The zero-order chi connectivity index (χ0) is 15.2. The minimum atomic E-state index is -0.249. The van der Waals surface area contributed by atoms with E-state index in [-0.39, 0.29) is 11.7 Å². The zero-order valence-corrected chi connectivity index (χ0v) is 13.0. The Hall–Kier alpha value is -1.42. The van der Waals surface area contributed by atoms with Crippen molar-refractivity contribution in [3.05, 3.63) is 35.6 Å². The van der Waals surface area contributed by atoms with Gasteiger partial charge in [-0.15, -0.1) is 0 Å². The third-order valence-electron chi connectivity index (χ3n) is 4.23. The topological polar surface area (TPSA) is 23.6 Å². The second-order valence-electron chi connectivity index (χ2n) is 6.00. The fraction of sp³-hybridized carbons (Fsp3) is 0.588. The summed E-state index contributed by atoms with van der Waals surface area (Å²) in [4.78, 5) is 16.4. The van der Waals surface area contributed by atoms with Crippen LogP contribution in [0.1, 0.15) is 32.3 Å². The van der Waals surface area contributed by atoms with E-state index in [0.29, 0.717) is 19.6 Å². The molecule has 1 heterocycles. The van der Waals surface area contributed by atoms with E-state index < -0.39 is 0 Å². The molecule has 1 aliphatic rings. The number of hydrogen-bond donors (Lipinski definition) is 0. The number of piperidine rings is 1. The van der Waals surface area contributed by atoms with Crippen LogP contribution >= 0.6 is 0 Å². The van der Waals surface area contributed by atoms with E-state index in [2.05, 4.69) is 11.8 Å². The van der Waals surface area contributed by atoms with E-state index in [1.54, 1.807) is 11.0 Å². The molecule has 0 spiro atoms. The summed E-state index contributed by atoms with van der Waals surface area (Å²) in [5, 5.41) is 0. The number of rotatable bonds is 5. The lowest BCUT2D eigenvalue weighted by atomic mass is 9.99. The number of carbonyl (C=O) groups excluding carboxylic acids is 1. The Morgan fingerprint density at radius 3 is 2.71 bits per heavy atom. The van der Waals surface area contributed by atoms with Crippen LogP contribution in [0.25, 0.3) is 0 Å². The number of likely N-dealkylation sites (N-methyl/N-ethyl adjacent to an activating group) is 1. The number of hydrogen-bond acceptors (Lipinski definition) is 2. The summed E-state index contributed by atoms with van der Waals surface area (Å²) in [5.41, 5.74) is 0.845. The molecule has 1 aromatic rings. The molecule has 4 heteroatoms. The molecule has 0 bridgehead atoms. The highest BCUT2D eigenvalue weighted by molar-refractivity contribution is 5.78. The molecule has 1 aliphatic heterocycles. The minimum Gasteiger partial charge on any atom is -0.338 e. The second kappa shape index (κ2) is 7.55. The summed E-state index contributed by atoms with van der Waals surface area (Å²) in [6.45, 7) is 7.86. The maximum Gasteiger partial charge on any atom is 0.237 e. The SMILES string of the molecule is CCN(Cc1cccc(F)c1)C(=O)CN1CCC(C)CC1. The number of benzene rings is 1. The van der Waals surface area contributed by atoms with Crippen LogP contribution in [0, 0.1) is 11.7 Å². The van der Waals surface area contributed by atoms with E-state index >= 15 is 0 Å². The molecular weight excluding hydrogens is 267 g/mol. The van der Waals surface area contributed by atoms with Gasteiger partial charge in [-0.05, 0) is 56.5 Å². The van der Waals surface area contributed by atoms with Crippen LogP contribution in [0.2, 0.25) is 0 Å². The molecule has 1 aromatic carbocycles. The van der Waals surface area contributed by atoms with Crippen molar-refractivity contribution < 1.29 is 9.18 Å². The maximum absolute atomic E-state index is 13.2. The molecule has 0 radical (unpaired) electrons. The lowest BCUT2D eigenvalue weighted by molar-refractivity contribution is -0.133. The van der Waals surface area contributed by atoms with E-state index in [1.165, 1.54) is 25.0 Å². The van der Waals surface area contributed by atoms with Crippen LogP contribution in [0.15, 0.2) is 24.3 Å². The summed E-state index contributed by atoms with van der Waals surface area (Å²) >= 11 is 0. The van der Waals surface area contributed by atoms with Crippen LogP contribution in [-0.4, -0.2) is 41.9 Å². The van der Waals surface area contributed by atoms with Crippen LogP contribution in [0.5, 0.6) is 0 Å². The van der Waals surface area contributed by atoms with Crippen LogP contribution in [0.3, 0.4) is 0 Å². The van der Waals surface area contributed by atoms with Gasteiger partial charge in [0, 0.05) is 13.1 Å². The average molecular weight is 292 g/mol. The van der Waals surface area contributed by atoms with Gasteiger partial charge in [0.1, 0.15) is 5.82 Å². The van der Waals surface area contributed by atoms with Gasteiger partial charge in [-0.3, -0.25) is 9.69 Å². The molecule has 0 atom stereocenters. The molecule has 116 valence electrons. The van der Waals surface area contributed by atoms with Crippen molar-refractivity contribution in [3.63, 3.8) is 0 Å². The third kappa shape index (κ3) is 4.81. The van der Waals surface area contributed by atoms with E-state index in [0.717, 1.165) is 24.6 Å². The molecule has 2 rings (SSSR count). The van der Waals surface area contributed by atoms with Gasteiger partial charge in [0.25, 0.3) is 0 Å². The van der Waals surface area contributed by atoms with E-state index in [9.17, 15) is 9.18 Å². The van der Waals surface area contributed by atoms with Crippen molar-refractivity contribution in [2.24, 2.45) is 5.92 Å². The molecule has 0 saturated carbocycles. The zero-order valence-electron chi connectivity index (χ0n) is 13.0. The monoisotopic (exact) mass is 292 g/mol. The predicted octanol–water partition coefficient (Wildman–Crippen LogP) is 2.91. The maximum atomic E-state index is 13.2. The number of halogens is 1. The largest absolute Gasteiger partial charge is 0.338 e. The Kier molecular flexibility index (Phi) is 5.74. The molecule has 0 N–H and O–H groups in total. The van der Waals surface area contributed by atoms with Crippen molar-refractivity contribution in [1.82, 2.24) is 9.80 Å². The number of likely N-dealkylation sites (tertiary alicyclic amines) is 1. The number of carbonyl (C=O) groups is 1. The molecule has 0 aliphatic carbocycles. The predicted molar refractivity (Wildman–Crippen MR) is 82.3 cm³/mol. The van der Waals surface area contributed by atoms with Crippen molar-refractivity contribution in [2.75, 3.05) is 26.2 Å². The van der Waals surface area contributed by atoms with Gasteiger partial charge in [0.05, 0.1) is 6.54 Å². The highest BCUT2D eigenvalue weighted by atomic mass is 19.1. The molecule has 1 saturated heterocycles. The van der Waals surface area contributed by atoms with Crippen LogP contribution in [0.4, 0.5) is 4.39 Å². The highest BCUT2D eigenvalue weighted by Crippen LogP contribution is 2.16. The molecular formula is C17H25FN2O. The van der Waals surface area contributed by atoms with Gasteiger partial charge in [-0.1, -0.05) is 19.1 Å². The Morgan fingerprint density at radius 1 is 1.38 bits per heavy atom. The quantitative estimate of drug-likeness (QED) is 0.833. The standard InChI is InChI=1S/C17H25FN2O/c1-3-20(12-15-5-4-6-16(18)11-15)17(21)13-19-9-7-14(2)8-10-19/h4-6,11,14H,3,7-10,12-13H2,1-2H3.